The molecule has 6 heteroatoms. The van der Waals surface area contributed by atoms with E-state index in [-0.39, 0.29) is 6.10 Å². The van der Waals surface area contributed by atoms with Gasteiger partial charge in [0.2, 0.25) is 0 Å². The number of rotatable bonds is 2. The van der Waals surface area contributed by atoms with Crippen LogP contribution in [0, 0.1) is 0 Å². The van der Waals surface area contributed by atoms with Gasteiger partial charge in [0.25, 0.3) is 0 Å². The van der Waals surface area contributed by atoms with Crippen molar-refractivity contribution in [2.45, 2.75) is 12.2 Å². The minimum atomic E-state index is -0.483. The first-order chi connectivity index (χ1) is 7.20. The van der Waals surface area contributed by atoms with Gasteiger partial charge in [-0.15, -0.1) is 0 Å². The molecule has 0 bridgehead atoms. The number of hydrogen-bond donors (Lipinski definition) is 1. The molecule has 82 valence electrons. The minimum Gasteiger partial charge on any atom is -0.388 e. The Bertz CT molecular complexity index is 350. The molecule has 15 heavy (non-hydrogen) atoms. The highest BCUT2D eigenvalue weighted by atomic mass is 35.5. The first-order valence-electron chi connectivity index (χ1n) is 4.64. The number of hydrogen-bond acceptors (Lipinski definition) is 5. The van der Waals surface area contributed by atoms with Gasteiger partial charge in [0.05, 0.1) is 6.10 Å². The van der Waals surface area contributed by atoms with Crippen molar-refractivity contribution < 1.29 is 9.84 Å². The highest BCUT2D eigenvalue weighted by molar-refractivity contribution is 6.29. The molecule has 2 atom stereocenters. The molecule has 0 aliphatic carbocycles. The average Bonchev–Trinajstić information content (AvgIpc) is 2.60. The fourth-order valence-electron chi connectivity index (χ4n) is 1.67. The smallest absolute Gasteiger partial charge is 0.134 e. The maximum atomic E-state index is 9.65. The van der Waals surface area contributed by atoms with Gasteiger partial charge in [-0.1, -0.05) is 11.6 Å². The van der Waals surface area contributed by atoms with Crippen LogP contribution in [0.4, 0.5) is 5.82 Å². The van der Waals surface area contributed by atoms with Crippen LogP contribution >= 0.6 is 11.6 Å². The van der Waals surface area contributed by atoms with E-state index in [1.165, 1.54) is 6.33 Å². The van der Waals surface area contributed by atoms with E-state index in [1.54, 1.807) is 13.2 Å². The summed E-state index contributed by atoms with van der Waals surface area (Å²) in [5.41, 5.74) is 0. The first kappa shape index (κ1) is 10.6. The van der Waals surface area contributed by atoms with E-state index in [4.69, 9.17) is 16.3 Å². The maximum Gasteiger partial charge on any atom is 0.134 e. The van der Waals surface area contributed by atoms with E-state index < -0.39 is 6.10 Å². The van der Waals surface area contributed by atoms with Gasteiger partial charge in [0.15, 0.2) is 0 Å². The van der Waals surface area contributed by atoms with Crippen molar-refractivity contribution in [1.29, 1.82) is 0 Å². The largest absolute Gasteiger partial charge is 0.388 e. The second kappa shape index (κ2) is 4.30. The molecular formula is C9H12ClN3O2. The molecule has 0 saturated carbocycles. The predicted octanol–water partition coefficient (Wildman–Crippen LogP) is 0.326. The lowest BCUT2D eigenvalue weighted by Crippen LogP contribution is -2.25. The zero-order valence-corrected chi connectivity index (χ0v) is 9.05. The molecule has 0 amide bonds. The second-order valence-electron chi connectivity index (χ2n) is 3.45. The predicted molar refractivity (Wildman–Crippen MR) is 56.1 cm³/mol. The van der Waals surface area contributed by atoms with E-state index in [0.29, 0.717) is 24.1 Å². The van der Waals surface area contributed by atoms with Gasteiger partial charge >= 0.3 is 0 Å². The summed E-state index contributed by atoms with van der Waals surface area (Å²) in [5, 5.41) is 10.0. The number of aromatic nitrogens is 2. The Balaban J connectivity index is 2.13. The normalized spacial score (nSPS) is 25.9. The maximum absolute atomic E-state index is 9.65. The van der Waals surface area contributed by atoms with Crippen LogP contribution in [0.3, 0.4) is 0 Å². The third-order valence-corrected chi connectivity index (χ3v) is 2.69. The highest BCUT2D eigenvalue weighted by Crippen LogP contribution is 2.21. The second-order valence-corrected chi connectivity index (χ2v) is 3.83. The SMILES string of the molecule is CO[C@H]1CN(c2cc(Cl)ncn2)C[C@H]1O. The number of aliphatic hydroxyl groups excluding tert-OH is 1. The molecule has 1 N–H and O–H groups in total. The summed E-state index contributed by atoms with van der Waals surface area (Å²) in [7, 11) is 1.59. The standard InChI is InChI=1S/C9H12ClN3O2/c1-15-7-4-13(3-6(7)14)9-2-8(10)11-5-12-9/h2,5-7,14H,3-4H2,1H3/t6-,7+/m1/s1. The van der Waals surface area contributed by atoms with Gasteiger partial charge in [-0.2, -0.15) is 0 Å². The molecule has 5 nitrogen and oxygen atoms in total. The molecule has 0 unspecified atom stereocenters. The highest BCUT2D eigenvalue weighted by Gasteiger charge is 2.31. The lowest BCUT2D eigenvalue weighted by Gasteiger charge is -2.15. The van der Waals surface area contributed by atoms with E-state index in [9.17, 15) is 5.11 Å². The topological polar surface area (TPSA) is 58.5 Å². The number of β-amino-alcohol motifs (C(OH)–C–C–N with tert-alkyl or cyclic N) is 1. The van der Waals surface area contributed by atoms with Crippen molar-refractivity contribution in [1.82, 2.24) is 9.97 Å². The van der Waals surface area contributed by atoms with E-state index >= 15 is 0 Å². The summed E-state index contributed by atoms with van der Waals surface area (Å²) < 4.78 is 5.14. The van der Waals surface area contributed by atoms with Crippen LogP contribution in [0.2, 0.25) is 5.15 Å². The molecule has 2 heterocycles. The quantitative estimate of drug-likeness (QED) is 0.741. The summed E-state index contributed by atoms with van der Waals surface area (Å²) in [5.74, 6) is 0.716. The van der Waals surface area contributed by atoms with Crippen molar-refractivity contribution in [3.63, 3.8) is 0 Å². The van der Waals surface area contributed by atoms with Crippen LogP contribution in [0.25, 0.3) is 0 Å². The van der Waals surface area contributed by atoms with Gasteiger partial charge in [-0.25, -0.2) is 9.97 Å². The molecule has 1 aliphatic heterocycles. The van der Waals surface area contributed by atoms with Crippen LogP contribution in [-0.2, 0) is 4.74 Å². The third-order valence-electron chi connectivity index (χ3n) is 2.48. The molecule has 1 saturated heterocycles. The number of methoxy groups -OCH3 is 1. The Labute approximate surface area is 92.7 Å². The van der Waals surface area contributed by atoms with Crippen molar-refractivity contribution >= 4 is 17.4 Å². The van der Waals surface area contributed by atoms with Crippen molar-refractivity contribution in [2.75, 3.05) is 25.1 Å². The number of nitrogens with zero attached hydrogens (tertiary/aromatic N) is 3. The zero-order valence-electron chi connectivity index (χ0n) is 8.30. The summed E-state index contributed by atoms with van der Waals surface area (Å²) >= 11 is 5.76. The summed E-state index contributed by atoms with van der Waals surface area (Å²) in [6, 6.07) is 1.67. The zero-order chi connectivity index (χ0) is 10.8. The molecule has 0 radical (unpaired) electrons. The molecule has 2 rings (SSSR count). The minimum absolute atomic E-state index is 0.168. The van der Waals surface area contributed by atoms with Crippen LogP contribution in [0.5, 0.6) is 0 Å². The fourth-order valence-corrected chi connectivity index (χ4v) is 1.81. The van der Waals surface area contributed by atoms with Gasteiger partial charge < -0.3 is 14.7 Å². The van der Waals surface area contributed by atoms with Crippen LogP contribution in [-0.4, -0.2) is 47.5 Å². The van der Waals surface area contributed by atoms with Gasteiger partial charge in [0.1, 0.15) is 23.4 Å². The van der Waals surface area contributed by atoms with Crippen LogP contribution in [0.15, 0.2) is 12.4 Å². The monoisotopic (exact) mass is 229 g/mol. The molecule has 1 fully saturated rings. The number of halogens is 1. The number of aliphatic hydroxyl groups is 1. The molecule has 1 aromatic heterocycles. The Hall–Kier alpha value is -0.910. The number of anilines is 1. The number of ether oxygens (including phenoxy) is 1. The van der Waals surface area contributed by atoms with Crippen LogP contribution in [0.1, 0.15) is 0 Å². The molecule has 0 aromatic carbocycles. The molecule has 1 aromatic rings. The fraction of sp³-hybridized carbons (Fsp3) is 0.556. The van der Waals surface area contributed by atoms with E-state index in [2.05, 4.69) is 9.97 Å². The Morgan fingerprint density at radius 2 is 2.33 bits per heavy atom. The molecule has 0 spiro atoms. The Morgan fingerprint density at radius 3 is 2.93 bits per heavy atom. The van der Waals surface area contributed by atoms with Gasteiger partial charge in [-0.3, -0.25) is 0 Å². The van der Waals surface area contributed by atoms with Crippen molar-refractivity contribution in [3.8, 4) is 0 Å². The third kappa shape index (κ3) is 2.19. The van der Waals surface area contributed by atoms with Crippen molar-refractivity contribution in [3.05, 3.63) is 17.5 Å². The Kier molecular flexibility index (Phi) is 3.04. The van der Waals surface area contributed by atoms with E-state index in [1.807, 2.05) is 4.90 Å². The van der Waals surface area contributed by atoms with Gasteiger partial charge in [0, 0.05) is 26.3 Å². The average molecular weight is 230 g/mol. The van der Waals surface area contributed by atoms with E-state index in [0.717, 1.165) is 0 Å². The lowest BCUT2D eigenvalue weighted by atomic mass is 10.3. The molecule has 1 aliphatic rings. The lowest BCUT2D eigenvalue weighted by molar-refractivity contribution is 0.0217. The summed E-state index contributed by atoms with van der Waals surface area (Å²) in [6.07, 6.45) is 0.756. The summed E-state index contributed by atoms with van der Waals surface area (Å²) in [4.78, 5) is 9.81. The van der Waals surface area contributed by atoms with Crippen LogP contribution < -0.4 is 4.90 Å². The first-order valence-corrected chi connectivity index (χ1v) is 5.02. The summed E-state index contributed by atoms with van der Waals surface area (Å²) in [6.45, 7) is 1.12. The van der Waals surface area contributed by atoms with Crippen molar-refractivity contribution in [2.24, 2.45) is 0 Å². The van der Waals surface area contributed by atoms with Gasteiger partial charge in [-0.05, 0) is 0 Å². The molecular weight excluding hydrogens is 218 g/mol. The Morgan fingerprint density at radius 1 is 1.53 bits per heavy atom.